The van der Waals surface area contributed by atoms with E-state index < -0.39 is 11.8 Å². The molecule has 0 saturated carbocycles. The highest BCUT2D eigenvalue weighted by atomic mass is 16.5. The summed E-state index contributed by atoms with van der Waals surface area (Å²) in [7, 11) is 1.49. The van der Waals surface area contributed by atoms with E-state index in [1.54, 1.807) is 6.92 Å². The summed E-state index contributed by atoms with van der Waals surface area (Å²) in [5, 5.41) is 9.01. The van der Waals surface area contributed by atoms with Gasteiger partial charge in [0.25, 0.3) is 0 Å². The molecule has 142 valence electrons. The van der Waals surface area contributed by atoms with Crippen LogP contribution in [-0.4, -0.2) is 43.7 Å². The van der Waals surface area contributed by atoms with Crippen molar-refractivity contribution in [1.29, 1.82) is 0 Å². The number of hydrogen-bond donors (Lipinski definition) is 3. The van der Waals surface area contributed by atoms with Crippen LogP contribution in [0.4, 0.5) is 5.69 Å². The number of nitrogens with one attached hydrogen (secondary N) is 3. The van der Waals surface area contributed by atoms with Crippen molar-refractivity contribution in [3.05, 3.63) is 28.8 Å². The van der Waals surface area contributed by atoms with Crippen molar-refractivity contribution in [1.82, 2.24) is 10.7 Å². The van der Waals surface area contributed by atoms with Crippen LogP contribution in [0.5, 0.6) is 0 Å². The van der Waals surface area contributed by atoms with Crippen molar-refractivity contribution in [2.45, 2.75) is 34.1 Å². The van der Waals surface area contributed by atoms with Gasteiger partial charge in [0.15, 0.2) is 0 Å². The number of nitrogens with zero attached hydrogens (tertiary/aromatic N) is 1. The Labute approximate surface area is 153 Å². The van der Waals surface area contributed by atoms with Crippen LogP contribution in [0.3, 0.4) is 0 Å². The molecule has 0 fully saturated rings. The molecule has 3 N–H and O–H groups in total. The molecule has 0 aliphatic carbocycles. The van der Waals surface area contributed by atoms with Crippen molar-refractivity contribution in [2.75, 3.05) is 25.6 Å². The molecule has 0 heterocycles. The number of carbonyl (C=O) groups excluding carboxylic acids is 3. The van der Waals surface area contributed by atoms with Crippen LogP contribution >= 0.6 is 0 Å². The monoisotopic (exact) mass is 362 g/mol. The first-order valence-corrected chi connectivity index (χ1v) is 8.22. The SMILES string of the molecule is COCCNC(=O)C(=O)NN=C(C)CC(=O)Nc1c(C)cc(C)cc1C. The Kier molecular flexibility index (Phi) is 8.44. The highest BCUT2D eigenvalue weighted by molar-refractivity contribution is 6.35. The first-order chi connectivity index (χ1) is 12.2. The first kappa shape index (κ1) is 21.3. The Morgan fingerprint density at radius 2 is 1.69 bits per heavy atom. The number of aryl methyl sites for hydroxylation is 3. The summed E-state index contributed by atoms with van der Waals surface area (Å²) < 4.78 is 4.77. The van der Waals surface area contributed by atoms with Gasteiger partial charge in [-0.1, -0.05) is 17.7 Å². The van der Waals surface area contributed by atoms with Crippen LogP contribution in [0.2, 0.25) is 0 Å². The molecule has 1 rings (SSSR count). The third-order valence-electron chi connectivity index (χ3n) is 3.50. The van der Waals surface area contributed by atoms with Crippen LogP contribution in [0.1, 0.15) is 30.0 Å². The Morgan fingerprint density at radius 1 is 1.08 bits per heavy atom. The molecular weight excluding hydrogens is 336 g/mol. The van der Waals surface area contributed by atoms with Gasteiger partial charge >= 0.3 is 11.8 Å². The minimum Gasteiger partial charge on any atom is -0.383 e. The quantitative estimate of drug-likeness (QED) is 0.293. The van der Waals surface area contributed by atoms with Gasteiger partial charge < -0.3 is 15.4 Å². The van der Waals surface area contributed by atoms with Crippen LogP contribution in [0.25, 0.3) is 0 Å². The summed E-state index contributed by atoms with van der Waals surface area (Å²) >= 11 is 0. The molecule has 26 heavy (non-hydrogen) atoms. The number of amides is 3. The van der Waals surface area contributed by atoms with Crippen LogP contribution in [0.15, 0.2) is 17.2 Å². The number of rotatable bonds is 7. The van der Waals surface area contributed by atoms with Crippen LogP contribution in [-0.2, 0) is 19.1 Å². The van der Waals surface area contributed by atoms with Gasteiger partial charge in [-0.3, -0.25) is 14.4 Å². The van der Waals surface area contributed by atoms with Crippen molar-refractivity contribution >= 4 is 29.1 Å². The molecule has 0 radical (unpaired) electrons. The molecular formula is C18H26N4O4. The number of ether oxygens (including phenoxy) is 1. The van der Waals surface area contributed by atoms with E-state index >= 15 is 0 Å². The van der Waals surface area contributed by atoms with E-state index in [1.165, 1.54) is 7.11 Å². The van der Waals surface area contributed by atoms with E-state index in [4.69, 9.17) is 4.74 Å². The molecule has 0 unspecified atom stereocenters. The zero-order valence-corrected chi connectivity index (χ0v) is 15.9. The van der Waals surface area contributed by atoms with E-state index in [2.05, 4.69) is 21.2 Å². The first-order valence-electron chi connectivity index (χ1n) is 8.22. The second-order valence-electron chi connectivity index (χ2n) is 6.04. The Morgan fingerprint density at radius 3 is 2.27 bits per heavy atom. The molecule has 0 spiro atoms. The normalized spacial score (nSPS) is 11.0. The molecule has 0 atom stereocenters. The summed E-state index contributed by atoms with van der Waals surface area (Å²) in [5.41, 5.74) is 6.36. The second-order valence-corrected chi connectivity index (χ2v) is 6.04. The van der Waals surface area contributed by atoms with E-state index in [0.717, 1.165) is 22.4 Å². The summed E-state index contributed by atoms with van der Waals surface area (Å²) in [6.45, 7) is 7.98. The molecule has 0 bridgehead atoms. The van der Waals surface area contributed by atoms with Gasteiger partial charge in [-0.05, 0) is 38.8 Å². The third-order valence-corrected chi connectivity index (χ3v) is 3.50. The lowest BCUT2D eigenvalue weighted by Gasteiger charge is -2.12. The number of anilines is 1. The fraction of sp³-hybridized carbons (Fsp3) is 0.444. The molecule has 0 aromatic heterocycles. The maximum atomic E-state index is 12.2. The van der Waals surface area contributed by atoms with Gasteiger partial charge in [0, 0.05) is 25.1 Å². The Bertz CT molecular complexity index is 690. The number of hydrazone groups is 1. The van der Waals surface area contributed by atoms with Gasteiger partial charge in [-0.25, -0.2) is 5.43 Å². The maximum Gasteiger partial charge on any atom is 0.329 e. The number of carbonyl (C=O) groups is 3. The number of methoxy groups -OCH3 is 1. The van der Waals surface area contributed by atoms with Gasteiger partial charge in [0.2, 0.25) is 5.91 Å². The van der Waals surface area contributed by atoms with Crippen molar-refractivity contribution < 1.29 is 19.1 Å². The van der Waals surface area contributed by atoms with Crippen molar-refractivity contribution in [3.8, 4) is 0 Å². The summed E-state index contributed by atoms with van der Waals surface area (Å²) in [4.78, 5) is 35.2. The van der Waals surface area contributed by atoms with Gasteiger partial charge in [0.1, 0.15) is 0 Å². The number of benzene rings is 1. The third kappa shape index (κ3) is 7.02. The molecule has 8 nitrogen and oxygen atoms in total. The van der Waals surface area contributed by atoms with Crippen LogP contribution < -0.4 is 16.1 Å². The summed E-state index contributed by atoms with van der Waals surface area (Å²) in [5.74, 6) is -1.96. The molecule has 0 aliphatic rings. The predicted molar refractivity (Wildman–Crippen MR) is 100 cm³/mol. The van der Waals surface area contributed by atoms with Gasteiger partial charge in [-0.15, -0.1) is 0 Å². The minimum absolute atomic E-state index is 0.00166. The molecule has 0 saturated heterocycles. The molecule has 1 aromatic carbocycles. The minimum atomic E-state index is -0.897. The van der Waals surface area contributed by atoms with E-state index in [9.17, 15) is 14.4 Å². The highest BCUT2D eigenvalue weighted by Crippen LogP contribution is 2.22. The zero-order valence-electron chi connectivity index (χ0n) is 15.9. The van der Waals surface area contributed by atoms with Crippen LogP contribution in [0, 0.1) is 20.8 Å². The number of hydrogen-bond acceptors (Lipinski definition) is 5. The topological polar surface area (TPSA) is 109 Å². The average Bonchev–Trinajstić information content (AvgIpc) is 2.56. The van der Waals surface area contributed by atoms with Gasteiger partial charge in [0.05, 0.1) is 13.0 Å². The van der Waals surface area contributed by atoms with E-state index in [1.807, 2.05) is 32.9 Å². The largest absolute Gasteiger partial charge is 0.383 e. The zero-order chi connectivity index (χ0) is 19.7. The lowest BCUT2D eigenvalue weighted by molar-refractivity contribution is -0.139. The summed E-state index contributed by atoms with van der Waals surface area (Å²) in [6, 6.07) is 3.98. The van der Waals surface area contributed by atoms with E-state index in [0.29, 0.717) is 12.3 Å². The highest BCUT2D eigenvalue weighted by Gasteiger charge is 2.13. The summed E-state index contributed by atoms with van der Waals surface area (Å²) in [6.07, 6.45) is -0.00166. The smallest absolute Gasteiger partial charge is 0.329 e. The molecule has 3 amide bonds. The fourth-order valence-corrected chi connectivity index (χ4v) is 2.38. The molecule has 0 aliphatic heterocycles. The lowest BCUT2D eigenvalue weighted by atomic mass is 10.0. The van der Waals surface area contributed by atoms with Crippen molar-refractivity contribution in [2.24, 2.45) is 5.10 Å². The predicted octanol–water partition coefficient (Wildman–Crippen LogP) is 1.20. The Balaban J connectivity index is 2.55. The maximum absolute atomic E-state index is 12.2. The van der Waals surface area contributed by atoms with Crippen molar-refractivity contribution in [3.63, 3.8) is 0 Å². The standard InChI is InChI=1S/C18H26N4O4/c1-11-8-12(2)16(13(3)9-11)20-15(23)10-14(4)21-22-18(25)17(24)19-6-7-26-5/h8-9H,6-7,10H2,1-5H3,(H,19,24)(H,20,23)(H,22,25). The van der Waals surface area contributed by atoms with Gasteiger partial charge in [-0.2, -0.15) is 5.10 Å². The lowest BCUT2D eigenvalue weighted by Crippen LogP contribution is -2.39. The molecule has 1 aromatic rings. The Hall–Kier alpha value is -2.74. The molecule has 8 heteroatoms. The van der Waals surface area contributed by atoms with E-state index in [-0.39, 0.29) is 18.9 Å². The average molecular weight is 362 g/mol. The second kappa shape index (κ2) is 10.3. The fourth-order valence-electron chi connectivity index (χ4n) is 2.38.